The lowest BCUT2D eigenvalue weighted by molar-refractivity contribution is -0.154. The topological polar surface area (TPSA) is 49.4 Å². The zero-order chi connectivity index (χ0) is 15.0. The summed E-state index contributed by atoms with van der Waals surface area (Å²) in [5.74, 6) is -0.766. The van der Waals surface area contributed by atoms with E-state index in [4.69, 9.17) is 11.6 Å². The number of nitrogens with one attached hydrogen (secondary N) is 1. The summed E-state index contributed by atoms with van der Waals surface area (Å²) in [6.45, 7) is 0.00438. The third-order valence-electron chi connectivity index (χ3n) is 4.45. The van der Waals surface area contributed by atoms with Crippen molar-refractivity contribution >= 4 is 23.4 Å². The highest BCUT2D eigenvalue weighted by Crippen LogP contribution is 2.39. The molecule has 1 saturated carbocycles. The molecular formula is C15H16ClFN2O2. The number of rotatable bonds is 2. The average molecular weight is 311 g/mol. The lowest BCUT2D eigenvalue weighted by atomic mass is 9.90. The number of benzene rings is 1. The SMILES string of the molecule is O=C1CNC(=O)C2(CCCC2)N1Cc1c(F)cccc1Cl. The zero-order valence-electron chi connectivity index (χ0n) is 11.5. The molecule has 6 heteroatoms. The molecule has 2 amide bonds. The lowest BCUT2D eigenvalue weighted by Crippen LogP contribution is -2.65. The van der Waals surface area contributed by atoms with Crippen LogP contribution in [0.25, 0.3) is 0 Å². The van der Waals surface area contributed by atoms with Gasteiger partial charge in [0.15, 0.2) is 0 Å². The summed E-state index contributed by atoms with van der Waals surface area (Å²) >= 11 is 6.05. The first-order chi connectivity index (χ1) is 10.0. The van der Waals surface area contributed by atoms with Crippen LogP contribution < -0.4 is 5.32 Å². The molecule has 1 aromatic rings. The van der Waals surface area contributed by atoms with Crippen molar-refractivity contribution in [3.63, 3.8) is 0 Å². The third-order valence-corrected chi connectivity index (χ3v) is 4.80. The molecule has 1 heterocycles. The Hall–Kier alpha value is -1.62. The highest BCUT2D eigenvalue weighted by atomic mass is 35.5. The first kappa shape index (κ1) is 14.3. The minimum Gasteiger partial charge on any atom is -0.345 e. The molecule has 2 fully saturated rings. The van der Waals surface area contributed by atoms with Crippen molar-refractivity contribution in [2.45, 2.75) is 37.8 Å². The van der Waals surface area contributed by atoms with E-state index in [1.165, 1.54) is 17.0 Å². The fourth-order valence-corrected chi connectivity index (χ4v) is 3.54. The maximum atomic E-state index is 14.0. The predicted octanol–water partition coefficient (Wildman–Crippen LogP) is 2.25. The second-order valence-electron chi connectivity index (χ2n) is 5.60. The molecule has 1 aliphatic heterocycles. The van der Waals surface area contributed by atoms with Gasteiger partial charge in [-0.1, -0.05) is 30.5 Å². The molecule has 4 nitrogen and oxygen atoms in total. The van der Waals surface area contributed by atoms with Crippen LogP contribution in [0.5, 0.6) is 0 Å². The van der Waals surface area contributed by atoms with Crippen LogP contribution in [0.2, 0.25) is 5.02 Å². The first-order valence-electron chi connectivity index (χ1n) is 7.06. The lowest BCUT2D eigenvalue weighted by Gasteiger charge is -2.43. The molecular weight excluding hydrogens is 295 g/mol. The normalized spacial score (nSPS) is 21.0. The van der Waals surface area contributed by atoms with Crippen LogP contribution in [-0.4, -0.2) is 28.8 Å². The van der Waals surface area contributed by atoms with E-state index in [1.54, 1.807) is 6.07 Å². The predicted molar refractivity (Wildman–Crippen MR) is 76.2 cm³/mol. The van der Waals surface area contributed by atoms with Gasteiger partial charge in [0.05, 0.1) is 13.1 Å². The van der Waals surface area contributed by atoms with E-state index < -0.39 is 11.4 Å². The molecule has 3 rings (SSSR count). The summed E-state index contributed by atoms with van der Waals surface area (Å²) in [6, 6.07) is 4.43. The van der Waals surface area contributed by atoms with Crippen molar-refractivity contribution in [1.82, 2.24) is 10.2 Å². The quantitative estimate of drug-likeness (QED) is 0.911. The summed E-state index contributed by atoms with van der Waals surface area (Å²) in [6.07, 6.45) is 3.03. The van der Waals surface area contributed by atoms with Crippen LogP contribution in [-0.2, 0) is 16.1 Å². The fourth-order valence-electron chi connectivity index (χ4n) is 3.32. The van der Waals surface area contributed by atoms with Crippen LogP contribution >= 0.6 is 11.6 Å². The van der Waals surface area contributed by atoms with Gasteiger partial charge in [-0.25, -0.2) is 4.39 Å². The zero-order valence-corrected chi connectivity index (χ0v) is 12.3. The Bertz CT molecular complexity index is 579. The number of halogens is 2. The highest BCUT2D eigenvalue weighted by molar-refractivity contribution is 6.31. The molecule has 1 N–H and O–H groups in total. The highest BCUT2D eigenvalue weighted by Gasteiger charge is 2.50. The maximum absolute atomic E-state index is 14.0. The molecule has 0 atom stereocenters. The largest absolute Gasteiger partial charge is 0.345 e. The van der Waals surface area contributed by atoms with Gasteiger partial charge in [0.2, 0.25) is 11.8 Å². The van der Waals surface area contributed by atoms with Gasteiger partial charge in [-0.05, 0) is 25.0 Å². The number of carbonyl (C=O) groups is 2. The second-order valence-corrected chi connectivity index (χ2v) is 6.01. The van der Waals surface area contributed by atoms with Crippen LogP contribution in [0.15, 0.2) is 18.2 Å². The number of hydrogen-bond donors (Lipinski definition) is 1. The first-order valence-corrected chi connectivity index (χ1v) is 7.44. The number of hydrogen-bond acceptors (Lipinski definition) is 2. The van der Waals surface area contributed by atoms with Crippen molar-refractivity contribution in [3.8, 4) is 0 Å². The Morgan fingerprint density at radius 2 is 2.00 bits per heavy atom. The van der Waals surface area contributed by atoms with Gasteiger partial charge in [-0.2, -0.15) is 0 Å². The molecule has 1 spiro atoms. The molecule has 2 aliphatic rings. The van der Waals surface area contributed by atoms with Crippen LogP contribution in [0, 0.1) is 5.82 Å². The van der Waals surface area contributed by atoms with Gasteiger partial charge < -0.3 is 10.2 Å². The number of carbonyl (C=O) groups excluding carboxylic acids is 2. The summed E-state index contributed by atoms with van der Waals surface area (Å²) in [4.78, 5) is 26.1. The Labute approximate surface area is 127 Å². The molecule has 1 aromatic carbocycles. The molecule has 0 bridgehead atoms. The van der Waals surface area contributed by atoms with Crippen LogP contribution in [0.3, 0.4) is 0 Å². The van der Waals surface area contributed by atoms with Crippen LogP contribution in [0.4, 0.5) is 4.39 Å². The second kappa shape index (κ2) is 5.30. The molecule has 1 saturated heterocycles. The van der Waals surface area contributed by atoms with E-state index in [-0.39, 0.29) is 35.5 Å². The van der Waals surface area contributed by atoms with E-state index in [9.17, 15) is 14.0 Å². The Morgan fingerprint density at radius 1 is 1.29 bits per heavy atom. The van der Waals surface area contributed by atoms with Gasteiger partial charge >= 0.3 is 0 Å². The van der Waals surface area contributed by atoms with E-state index >= 15 is 0 Å². The van der Waals surface area contributed by atoms with Gasteiger partial charge in [0.1, 0.15) is 11.4 Å². The standard InChI is InChI=1S/C15H16ClFN2O2/c16-11-4-3-5-12(17)10(11)9-19-13(20)8-18-14(21)15(19)6-1-2-7-15/h3-5H,1-2,6-9H2,(H,18,21). The van der Waals surface area contributed by atoms with Crippen molar-refractivity contribution in [2.75, 3.05) is 6.54 Å². The molecule has 0 aromatic heterocycles. The summed E-state index contributed by atoms with van der Waals surface area (Å²) in [5, 5.41) is 2.93. The molecule has 0 unspecified atom stereocenters. The van der Waals surface area contributed by atoms with Crippen molar-refractivity contribution < 1.29 is 14.0 Å². The van der Waals surface area contributed by atoms with Crippen molar-refractivity contribution in [2.24, 2.45) is 0 Å². The van der Waals surface area contributed by atoms with E-state index in [0.717, 1.165) is 12.8 Å². The monoisotopic (exact) mass is 310 g/mol. The molecule has 0 radical (unpaired) electrons. The summed E-state index contributed by atoms with van der Waals surface area (Å²) < 4.78 is 14.0. The number of nitrogens with zero attached hydrogens (tertiary/aromatic N) is 1. The number of amides is 2. The van der Waals surface area contributed by atoms with E-state index in [0.29, 0.717) is 12.8 Å². The minimum absolute atomic E-state index is 0.0351. The Kier molecular flexibility index (Phi) is 3.61. The van der Waals surface area contributed by atoms with Gasteiger partial charge in [-0.3, -0.25) is 9.59 Å². The van der Waals surface area contributed by atoms with E-state index in [1.807, 2.05) is 0 Å². The number of piperazine rings is 1. The third kappa shape index (κ3) is 2.29. The van der Waals surface area contributed by atoms with Gasteiger partial charge in [0.25, 0.3) is 0 Å². The van der Waals surface area contributed by atoms with E-state index in [2.05, 4.69) is 5.32 Å². The van der Waals surface area contributed by atoms with Gasteiger partial charge in [-0.15, -0.1) is 0 Å². The van der Waals surface area contributed by atoms with Crippen LogP contribution in [0.1, 0.15) is 31.2 Å². The maximum Gasteiger partial charge on any atom is 0.246 e. The summed E-state index contributed by atoms with van der Waals surface area (Å²) in [7, 11) is 0. The minimum atomic E-state index is -0.832. The van der Waals surface area contributed by atoms with Crippen molar-refractivity contribution in [3.05, 3.63) is 34.6 Å². The Morgan fingerprint density at radius 3 is 2.67 bits per heavy atom. The smallest absolute Gasteiger partial charge is 0.246 e. The molecule has 112 valence electrons. The van der Waals surface area contributed by atoms with Gasteiger partial charge in [0, 0.05) is 10.6 Å². The Balaban J connectivity index is 1.98. The molecule has 1 aliphatic carbocycles. The van der Waals surface area contributed by atoms with Crippen molar-refractivity contribution in [1.29, 1.82) is 0 Å². The average Bonchev–Trinajstić information content (AvgIpc) is 2.93. The summed E-state index contributed by atoms with van der Waals surface area (Å²) in [5.41, 5.74) is -0.561. The molecule has 21 heavy (non-hydrogen) atoms. The fraction of sp³-hybridized carbons (Fsp3) is 0.467.